The highest BCUT2D eigenvalue weighted by Crippen LogP contribution is 2.40. The fourth-order valence-electron chi connectivity index (χ4n) is 2.12. The van der Waals surface area contributed by atoms with E-state index in [-0.39, 0.29) is 0 Å². The Morgan fingerprint density at radius 3 is 2.80 bits per heavy atom. The molecule has 0 saturated carbocycles. The van der Waals surface area contributed by atoms with E-state index in [9.17, 15) is 0 Å². The van der Waals surface area contributed by atoms with Gasteiger partial charge in [-0.05, 0) is 38.0 Å². The minimum atomic E-state index is 0.438. The van der Waals surface area contributed by atoms with Crippen LogP contribution in [0.15, 0.2) is 12.1 Å². The van der Waals surface area contributed by atoms with Gasteiger partial charge in [0.15, 0.2) is 0 Å². The van der Waals surface area contributed by atoms with Crippen LogP contribution in [0.25, 0.3) is 4.85 Å². The monoisotopic (exact) mass is 220 g/mol. The predicted octanol–water partition coefficient (Wildman–Crippen LogP) is 3.66. The number of halogens is 1. The number of fused-ring (bicyclic) bond motifs is 1. The van der Waals surface area contributed by atoms with Crippen LogP contribution in [0, 0.1) is 6.57 Å². The van der Waals surface area contributed by atoms with Crippen molar-refractivity contribution in [2.75, 3.05) is 11.4 Å². The summed E-state index contributed by atoms with van der Waals surface area (Å²) in [5, 5.41) is 0.672. The number of nitrogens with zero attached hydrogens (tertiary/aromatic N) is 2. The third-order valence-electron chi connectivity index (χ3n) is 2.79. The Labute approximate surface area is 95.3 Å². The van der Waals surface area contributed by atoms with Gasteiger partial charge in [-0.25, -0.2) is 4.85 Å². The van der Waals surface area contributed by atoms with Crippen molar-refractivity contribution in [1.82, 2.24) is 0 Å². The average Bonchev–Trinajstić information content (AvgIpc) is 2.59. The molecule has 0 spiro atoms. The van der Waals surface area contributed by atoms with Crippen LogP contribution in [-0.2, 0) is 6.42 Å². The lowest BCUT2D eigenvalue weighted by Crippen LogP contribution is -2.28. The Morgan fingerprint density at radius 2 is 2.20 bits per heavy atom. The topological polar surface area (TPSA) is 7.60 Å². The highest BCUT2D eigenvalue weighted by molar-refractivity contribution is 6.31. The molecule has 0 N–H and O–H groups in total. The summed E-state index contributed by atoms with van der Waals surface area (Å²) in [6, 6.07) is 4.18. The zero-order valence-corrected chi connectivity index (χ0v) is 9.67. The van der Waals surface area contributed by atoms with Crippen molar-refractivity contribution in [3.63, 3.8) is 0 Å². The lowest BCUT2D eigenvalue weighted by Gasteiger charge is -2.25. The van der Waals surface area contributed by atoms with Crippen molar-refractivity contribution in [3.8, 4) is 0 Å². The largest absolute Gasteiger partial charge is 0.377 e. The molecule has 3 heteroatoms. The van der Waals surface area contributed by atoms with Gasteiger partial charge in [0.25, 0.3) is 0 Å². The normalized spacial score (nSPS) is 14.2. The van der Waals surface area contributed by atoms with Crippen LogP contribution in [0.1, 0.15) is 19.4 Å². The van der Waals surface area contributed by atoms with Crippen LogP contribution in [0.5, 0.6) is 0 Å². The fourth-order valence-corrected chi connectivity index (χ4v) is 2.35. The molecule has 1 heterocycles. The standard InChI is InChI=1S/C12H13ClN2/c1-8(2)15-5-4-9-6-10(13)7-11(14-3)12(9)15/h6-8H,4-5H2,1-2H3. The summed E-state index contributed by atoms with van der Waals surface area (Å²) in [7, 11) is 0. The van der Waals surface area contributed by atoms with Gasteiger partial charge >= 0.3 is 0 Å². The maximum atomic E-state index is 7.18. The lowest BCUT2D eigenvalue weighted by atomic mass is 10.1. The zero-order valence-electron chi connectivity index (χ0n) is 8.92. The molecule has 78 valence electrons. The summed E-state index contributed by atoms with van der Waals surface area (Å²) >= 11 is 5.97. The minimum absolute atomic E-state index is 0.438. The molecule has 15 heavy (non-hydrogen) atoms. The number of hydrogen-bond donors (Lipinski definition) is 0. The molecule has 0 aliphatic carbocycles. The smallest absolute Gasteiger partial charge is 0.211 e. The van der Waals surface area contributed by atoms with Gasteiger partial charge in [-0.15, -0.1) is 0 Å². The molecule has 1 aliphatic rings. The van der Waals surface area contributed by atoms with E-state index in [0.717, 1.165) is 18.7 Å². The average molecular weight is 221 g/mol. The summed E-state index contributed by atoms with van der Waals surface area (Å²) < 4.78 is 0. The first-order valence-electron chi connectivity index (χ1n) is 5.10. The summed E-state index contributed by atoms with van der Waals surface area (Å²) in [5.74, 6) is 0. The van der Waals surface area contributed by atoms with E-state index in [2.05, 4.69) is 23.6 Å². The van der Waals surface area contributed by atoms with Crippen LogP contribution < -0.4 is 4.90 Å². The maximum Gasteiger partial charge on any atom is 0.211 e. The predicted molar refractivity (Wildman–Crippen MR) is 63.9 cm³/mol. The van der Waals surface area contributed by atoms with Crippen molar-refractivity contribution in [3.05, 3.63) is 34.1 Å². The molecular formula is C12H13ClN2. The van der Waals surface area contributed by atoms with E-state index in [0.29, 0.717) is 16.8 Å². The van der Waals surface area contributed by atoms with Gasteiger partial charge in [0, 0.05) is 23.3 Å². The van der Waals surface area contributed by atoms with Gasteiger partial charge in [-0.3, -0.25) is 0 Å². The first-order valence-corrected chi connectivity index (χ1v) is 5.48. The van der Waals surface area contributed by atoms with Crippen molar-refractivity contribution in [1.29, 1.82) is 0 Å². The van der Waals surface area contributed by atoms with E-state index in [1.165, 1.54) is 5.56 Å². The fraction of sp³-hybridized carbons (Fsp3) is 0.417. The Hall–Kier alpha value is -1.20. The molecule has 0 saturated heterocycles. The van der Waals surface area contributed by atoms with E-state index in [1.807, 2.05) is 6.07 Å². The molecule has 1 aromatic carbocycles. The van der Waals surface area contributed by atoms with Crippen molar-refractivity contribution < 1.29 is 0 Å². The highest BCUT2D eigenvalue weighted by atomic mass is 35.5. The number of benzene rings is 1. The SMILES string of the molecule is [C-]#[N+]c1cc(Cl)cc2c1N(C(C)C)CC2. The van der Waals surface area contributed by atoms with Crippen LogP contribution in [0.2, 0.25) is 5.02 Å². The van der Waals surface area contributed by atoms with Crippen LogP contribution in [0.3, 0.4) is 0 Å². The first kappa shape index (κ1) is 10.3. The second-order valence-electron chi connectivity index (χ2n) is 4.08. The third kappa shape index (κ3) is 1.68. The van der Waals surface area contributed by atoms with Crippen LogP contribution >= 0.6 is 11.6 Å². The lowest BCUT2D eigenvalue weighted by molar-refractivity contribution is 0.711. The Bertz CT molecular complexity index is 432. The summed E-state index contributed by atoms with van der Waals surface area (Å²) in [6.45, 7) is 12.5. The molecule has 0 radical (unpaired) electrons. The Kier molecular flexibility index (Phi) is 2.58. The van der Waals surface area contributed by atoms with Gasteiger partial charge < -0.3 is 4.90 Å². The summed E-state index contributed by atoms with van der Waals surface area (Å²) in [5.41, 5.74) is 2.98. The number of hydrogen-bond acceptors (Lipinski definition) is 1. The van der Waals surface area contributed by atoms with Gasteiger partial charge in [0.2, 0.25) is 5.69 Å². The molecule has 0 fully saturated rings. The molecule has 0 bridgehead atoms. The molecule has 1 aromatic rings. The first-order chi connectivity index (χ1) is 7.13. The number of rotatable bonds is 1. The molecule has 0 aromatic heterocycles. The Morgan fingerprint density at radius 1 is 1.47 bits per heavy atom. The van der Waals surface area contributed by atoms with E-state index in [1.54, 1.807) is 6.07 Å². The molecule has 0 unspecified atom stereocenters. The molecule has 0 atom stereocenters. The molecule has 0 amide bonds. The zero-order chi connectivity index (χ0) is 11.0. The second kappa shape index (κ2) is 3.75. The molecular weight excluding hydrogens is 208 g/mol. The Balaban J connectivity index is 2.57. The van der Waals surface area contributed by atoms with Crippen LogP contribution in [0.4, 0.5) is 11.4 Å². The van der Waals surface area contributed by atoms with E-state index < -0.39 is 0 Å². The van der Waals surface area contributed by atoms with Crippen LogP contribution in [-0.4, -0.2) is 12.6 Å². The summed E-state index contributed by atoms with van der Waals surface area (Å²) in [4.78, 5) is 5.84. The van der Waals surface area contributed by atoms with Gasteiger partial charge in [-0.1, -0.05) is 11.6 Å². The second-order valence-corrected chi connectivity index (χ2v) is 4.52. The van der Waals surface area contributed by atoms with Crippen molar-refractivity contribution in [2.45, 2.75) is 26.3 Å². The van der Waals surface area contributed by atoms with Gasteiger partial charge in [-0.2, -0.15) is 0 Å². The van der Waals surface area contributed by atoms with Crippen molar-refractivity contribution >= 4 is 23.0 Å². The maximum absolute atomic E-state index is 7.18. The van der Waals surface area contributed by atoms with Gasteiger partial charge in [0.05, 0.1) is 6.57 Å². The van der Waals surface area contributed by atoms with Gasteiger partial charge in [0.1, 0.15) is 0 Å². The quantitative estimate of drug-likeness (QED) is 0.656. The minimum Gasteiger partial charge on any atom is -0.377 e. The van der Waals surface area contributed by atoms with E-state index >= 15 is 0 Å². The summed E-state index contributed by atoms with van der Waals surface area (Å²) in [6.07, 6.45) is 0.997. The third-order valence-corrected chi connectivity index (χ3v) is 3.00. The molecule has 1 aliphatic heterocycles. The number of anilines is 1. The van der Waals surface area contributed by atoms with E-state index in [4.69, 9.17) is 18.2 Å². The molecule has 2 nitrogen and oxygen atoms in total. The van der Waals surface area contributed by atoms with Crippen molar-refractivity contribution in [2.24, 2.45) is 0 Å². The highest BCUT2D eigenvalue weighted by Gasteiger charge is 2.24. The molecule has 2 rings (SSSR count).